The number of ether oxygens (including phenoxy) is 2. The number of hydrogen-bond donors (Lipinski definition) is 1. The monoisotopic (exact) mass is 289 g/mol. The van der Waals surface area contributed by atoms with Crippen LogP contribution in [0.4, 0.5) is 0 Å². The lowest BCUT2D eigenvalue weighted by Gasteiger charge is -2.17. The van der Waals surface area contributed by atoms with Gasteiger partial charge in [0.1, 0.15) is 17.3 Å². The molecular weight excluding hydrogens is 266 g/mol. The van der Waals surface area contributed by atoms with E-state index in [-0.39, 0.29) is 6.04 Å². The summed E-state index contributed by atoms with van der Waals surface area (Å²) in [5, 5.41) is 0. The van der Waals surface area contributed by atoms with Crippen LogP contribution in [0.3, 0.4) is 0 Å². The van der Waals surface area contributed by atoms with Gasteiger partial charge in [-0.05, 0) is 24.6 Å². The van der Waals surface area contributed by atoms with Gasteiger partial charge in [-0.3, -0.25) is 0 Å². The van der Waals surface area contributed by atoms with Gasteiger partial charge in [0.05, 0.1) is 14.2 Å². The average molecular weight is 289 g/mol. The van der Waals surface area contributed by atoms with Gasteiger partial charge in [-0.25, -0.2) is 4.98 Å². The molecule has 1 atom stereocenters. The maximum absolute atomic E-state index is 6.36. The zero-order valence-corrected chi connectivity index (χ0v) is 12.9. The van der Waals surface area contributed by atoms with Crippen LogP contribution in [0.2, 0.25) is 0 Å². The molecule has 1 heterocycles. The highest BCUT2D eigenvalue weighted by Crippen LogP contribution is 2.29. The first-order valence-corrected chi connectivity index (χ1v) is 7.17. The Balaban J connectivity index is 2.22. The standard InChI is InChI=1S/C16H23N3O2/c1-4-8-19-9-7-18-16(19)11-14(17)13-10-12(20-2)5-6-15(13)21-3/h5-7,9-10,14H,4,8,11,17H2,1-3H3. The smallest absolute Gasteiger partial charge is 0.123 e. The van der Waals surface area contributed by atoms with Crippen molar-refractivity contribution in [3.05, 3.63) is 42.0 Å². The highest BCUT2D eigenvalue weighted by molar-refractivity contribution is 5.42. The van der Waals surface area contributed by atoms with Crippen LogP contribution in [0.25, 0.3) is 0 Å². The number of rotatable bonds is 7. The highest BCUT2D eigenvalue weighted by Gasteiger charge is 2.16. The van der Waals surface area contributed by atoms with Gasteiger partial charge in [-0.1, -0.05) is 6.92 Å². The van der Waals surface area contributed by atoms with Crippen molar-refractivity contribution in [3.63, 3.8) is 0 Å². The molecular formula is C16H23N3O2. The topological polar surface area (TPSA) is 62.3 Å². The Labute approximate surface area is 125 Å². The third kappa shape index (κ3) is 3.55. The number of benzene rings is 1. The van der Waals surface area contributed by atoms with Crippen LogP contribution < -0.4 is 15.2 Å². The molecule has 2 N–H and O–H groups in total. The molecule has 0 spiro atoms. The maximum Gasteiger partial charge on any atom is 0.123 e. The van der Waals surface area contributed by atoms with E-state index in [1.807, 2.05) is 30.6 Å². The number of imidazole rings is 1. The van der Waals surface area contributed by atoms with Gasteiger partial charge in [0, 0.05) is 37.0 Å². The van der Waals surface area contributed by atoms with Crippen molar-refractivity contribution in [2.24, 2.45) is 5.73 Å². The Hall–Kier alpha value is -2.01. The van der Waals surface area contributed by atoms with Crippen molar-refractivity contribution in [1.82, 2.24) is 9.55 Å². The Morgan fingerprint density at radius 3 is 2.76 bits per heavy atom. The van der Waals surface area contributed by atoms with Crippen LogP contribution in [0.1, 0.15) is 30.8 Å². The van der Waals surface area contributed by atoms with Gasteiger partial charge in [0.2, 0.25) is 0 Å². The number of methoxy groups -OCH3 is 2. The molecule has 0 fully saturated rings. The van der Waals surface area contributed by atoms with Crippen LogP contribution in [-0.4, -0.2) is 23.8 Å². The summed E-state index contributed by atoms with van der Waals surface area (Å²) < 4.78 is 12.8. The van der Waals surface area contributed by atoms with E-state index < -0.39 is 0 Å². The Morgan fingerprint density at radius 2 is 2.10 bits per heavy atom. The summed E-state index contributed by atoms with van der Waals surface area (Å²) in [7, 11) is 3.29. The van der Waals surface area contributed by atoms with Crippen molar-refractivity contribution in [2.45, 2.75) is 32.4 Å². The van der Waals surface area contributed by atoms with E-state index in [1.54, 1.807) is 14.2 Å². The van der Waals surface area contributed by atoms with E-state index in [0.717, 1.165) is 35.9 Å². The van der Waals surface area contributed by atoms with Crippen LogP contribution in [0.5, 0.6) is 11.5 Å². The number of aromatic nitrogens is 2. The Bertz CT molecular complexity index is 581. The fraction of sp³-hybridized carbons (Fsp3) is 0.438. The van der Waals surface area contributed by atoms with E-state index in [0.29, 0.717) is 6.42 Å². The second-order valence-corrected chi connectivity index (χ2v) is 4.96. The molecule has 2 aromatic rings. The lowest BCUT2D eigenvalue weighted by molar-refractivity contribution is 0.394. The van der Waals surface area contributed by atoms with Crippen molar-refractivity contribution in [3.8, 4) is 11.5 Å². The summed E-state index contributed by atoms with van der Waals surface area (Å²) in [5.74, 6) is 2.55. The fourth-order valence-electron chi connectivity index (χ4n) is 2.41. The molecule has 0 radical (unpaired) electrons. The Kier molecular flexibility index (Phi) is 5.22. The average Bonchev–Trinajstić information content (AvgIpc) is 2.94. The first-order chi connectivity index (χ1) is 10.2. The molecule has 1 aromatic heterocycles. The van der Waals surface area contributed by atoms with Crippen molar-refractivity contribution < 1.29 is 9.47 Å². The first-order valence-electron chi connectivity index (χ1n) is 7.17. The van der Waals surface area contributed by atoms with Gasteiger partial charge in [-0.2, -0.15) is 0 Å². The summed E-state index contributed by atoms with van der Waals surface area (Å²) >= 11 is 0. The van der Waals surface area contributed by atoms with E-state index in [9.17, 15) is 0 Å². The molecule has 0 saturated heterocycles. The van der Waals surface area contributed by atoms with Gasteiger partial charge in [0.15, 0.2) is 0 Å². The summed E-state index contributed by atoms with van der Waals surface area (Å²) in [6.45, 7) is 3.10. The van der Waals surface area contributed by atoms with Crippen molar-refractivity contribution in [2.75, 3.05) is 14.2 Å². The molecule has 21 heavy (non-hydrogen) atoms. The third-order valence-corrected chi connectivity index (χ3v) is 3.51. The lowest BCUT2D eigenvalue weighted by Crippen LogP contribution is -2.17. The number of hydrogen-bond acceptors (Lipinski definition) is 4. The minimum absolute atomic E-state index is 0.187. The van der Waals surface area contributed by atoms with Crippen molar-refractivity contribution >= 4 is 0 Å². The first kappa shape index (κ1) is 15.4. The minimum Gasteiger partial charge on any atom is -0.497 e. The van der Waals surface area contributed by atoms with E-state index >= 15 is 0 Å². The SMILES string of the molecule is CCCn1ccnc1CC(N)c1cc(OC)ccc1OC. The number of aryl methyl sites for hydroxylation is 1. The molecule has 5 heteroatoms. The van der Waals surface area contributed by atoms with Crippen LogP contribution in [0.15, 0.2) is 30.6 Å². The van der Waals surface area contributed by atoms with Crippen LogP contribution in [0, 0.1) is 0 Å². The number of nitrogens with zero attached hydrogens (tertiary/aromatic N) is 2. The number of nitrogens with two attached hydrogens (primary N) is 1. The predicted octanol–water partition coefficient (Wildman–Crippen LogP) is 2.55. The minimum atomic E-state index is -0.187. The lowest BCUT2D eigenvalue weighted by atomic mass is 10.0. The van der Waals surface area contributed by atoms with Gasteiger partial charge in [-0.15, -0.1) is 0 Å². The molecule has 0 saturated carbocycles. The summed E-state index contributed by atoms with van der Waals surface area (Å²) in [4.78, 5) is 4.41. The molecule has 1 unspecified atom stereocenters. The molecule has 1 aromatic carbocycles. The molecule has 0 amide bonds. The molecule has 0 bridgehead atoms. The molecule has 114 valence electrons. The van der Waals surface area contributed by atoms with E-state index in [4.69, 9.17) is 15.2 Å². The van der Waals surface area contributed by atoms with Gasteiger partial charge >= 0.3 is 0 Å². The van der Waals surface area contributed by atoms with E-state index in [2.05, 4.69) is 16.5 Å². The van der Waals surface area contributed by atoms with Crippen LogP contribution >= 0.6 is 0 Å². The molecule has 0 aliphatic carbocycles. The molecule has 0 aliphatic rings. The quantitative estimate of drug-likeness (QED) is 0.851. The summed E-state index contributed by atoms with van der Waals surface area (Å²) in [5.41, 5.74) is 7.30. The molecule has 0 aliphatic heterocycles. The molecule has 5 nitrogen and oxygen atoms in total. The van der Waals surface area contributed by atoms with Gasteiger partial charge < -0.3 is 19.8 Å². The largest absolute Gasteiger partial charge is 0.497 e. The zero-order chi connectivity index (χ0) is 15.2. The second-order valence-electron chi connectivity index (χ2n) is 4.96. The zero-order valence-electron chi connectivity index (χ0n) is 12.9. The van der Waals surface area contributed by atoms with E-state index in [1.165, 1.54) is 0 Å². The second kappa shape index (κ2) is 7.13. The third-order valence-electron chi connectivity index (χ3n) is 3.51. The maximum atomic E-state index is 6.36. The molecule has 2 rings (SSSR count). The van der Waals surface area contributed by atoms with Gasteiger partial charge in [0.25, 0.3) is 0 Å². The predicted molar refractivity (Wildman–Crippen MR) is 82.7 cm³/mol. The summed E-state index contributed by atoms with van der Waals surface area (Å²) in [6.07, 6.45) is 5.55. The van der Waals surface area contributed by atoms with Crippen molar-refractivity contribution in [1.29, 1.82) is 0 Å². The highest BCUT2D eigenvalue weighted by atomic mass is 16.5. The normalized spacial score (nSPS) is 12.2. The van der Waals surface area contributed by atoms with Crippen LogP contribution in [-0.2, 0) is 13.0 Å². The fourth-order valence-corrected chi connectivity index (χ4v) is 2.41. The summed E-state index contributed by atoms with van der Waals surface area (Å²) in [6, 6.07) is 5.49. The Morgan fingerprint density at radius 1 is 1.29 bits per heavy atom.